The number of aliphatic imine (C=N–C) groups is 1. The fourth-order valence-corrected chi connectivity index (χ4v) is 3.62. The van der Waals surface area contributed by atoms with Crippen molar-refractivity contribution in [1.29, 1.82) is 0 Å². The molecule has 0 spiro atoms. The van der Waals surface area contributed by atoms with Crippen molar-refractivity contribution in [3.63, 3.8) is 0 Å². The Bertz CT molecular complexity index is 1520. The first-order valence-electron chi connectivity index (χ1n) is 12.6. The van der Waals surface area contributed by atoms with Gasteiger partial charge in [0.25, 0.3) is 16.1 Å². The van der Waals surface area contributed by atoms with Crippen LogP contribution in [-0.4, -0.2) is 102 Å². The minimum atomic E-state index is -4.19. The third kappa shape index (κ3) is 12.9. The lowest BCUT2D eigenvalue weighted by Gasteiger charge is -2.12. The molecule has 0 aliphatic rings. The maximum absolute atomic E-state index is 11.1. The predicted molar refractivity (Wildman–Crippen MR) is 163 cm³/mol. The van der Waals surface area contributed by atoms with Gasteiger partial charge in [-0.05, 0) is 24.6 Å². The Morgan fingerprint density at radius 3 is 2.20 bits per heavy atom. The predicted octanol–water partition coefficient (Wildman–Crippen LogP) is 1.33. The average Bonchev–Trinajstić information content (AvgIpc) is 2.96. The van der Waals surface area contributed by atoms with Gasteiger partial charge in [-0.15, -0.1) is 4.33 Å². The fraction of sp³-hybridized carbons (Fsp3) is 0.318. The molecule has 1 aromatic carbocycles. The molecule has 3 aromatic rings. The van der Waals surface area contributed by atoms with Crippen LogP contribution in [0.4, 0.5) is 47.1 Å². The van der Waals surface area contributed by atoms with Crippen LogP contribution in [0, 0.1) is 0 Å². The molecule has 44 heavy (non-hydrogen) atoms. The van der Waals surface area contributed by atoms with Gasteiger partial charge in [-0.3, -0.25) is 4.55 Å². The summed E-state index contributed by atoms with van der Waals surface area (Å²) in [6, 6.07) is 6.89. The smallest absolute Gasteiger partial charge is 0.266 e. The minimum absolute atomic E-state index is 0.0102. The van der Waals surface area contributed by atoms with Gasteiger partial charge in [0.05, 0.1) is 18.1 Å². The van der Waals surface area contributed by atoms with E-state index in [0.717, 1.165) is 12.0 Å². The SMILES string of the molecule is C=C(CO)Nc1nc(/N=C\CSOOO)nc(Nc2cccc(Nc3nc(NCCCO)nc(NCCS(=O)(=O)O)n3)c2)n1. The first-order chi connectivity index (χ1) is 21.2. The Hall–Kier alpha value is -4.29. The maximum Gasteiger partial charge on any atom is 0.266 e. The van der Waals surface area contributed by atoms with Crippen molar-refractivity contribution in [1.82, 2.24) is 29.9 Å². The molecular formula is C22H30N12O8S2. The van der Waals surface area contributed by atoms with Crippen LogP contribution in [0.3, 0.4) is 0 Å². The number of rotatable bonds is 20. The standard InChI is InChI=1S/C22H30N12O8S2/c1-14(13-36)26-20-30-18(24-7-10-43-42-41-37)32-22(34-20)28-16-5-2-4-15(12-16)27-21-31-17(23-6-3-9-35)29-19(33-21)25-8-11-44(38,39)40/h2,4-5,7,12,35-37H,1,3,6,8-11,13H2,(H,38,39,40)(H2,26,28,30,32,34)(H3,23,25,27,29,31,33)/b24-7-. The summed E-state index contributed by atoms with van der Waals surface area (Å²) < 4.78 is 35.4. The quantitative estimate of drug-likeness (QED) is 0.0207. The van der Waals surface area contributed by atoms with Crippen LogP contribution in [0.2, 0.25) is 0 Å². The fourth-order valence-electron chi connectivity index (χ4n) is 3.02. The molecule has 3 rings (SSSR count). The topological polar surface area (TPSA) is 283 Å². The number of hydrogen-bond donors (Lipinski definition) is 9. The Kier molecular flexibility index (Phi) is 13.8. The summed E-state index contributed by atoms with van der Waals surface area (Å²) in [4.78, 5) is 29.5. The number of anilines is 7. The van der Waals surface area contributed by atoms with Crippen molar-refractivity contribution in [3.8, 4) is 0 Å². The molecule has 0 atom stereocenters. The second-order valence-electron chi connectivity index (χ2n) is 8.26. The lowest BCUT2D eigenvalue weighted by molar-refractivity contribution is -0.432. The number of aliphatic hydroxyl groups excluding tert-OH is 2. The lowest BCUT2D eigenvalue weighted by Crippen LogP contribution is -2.17. The van der Waals surface area contributed by atoms with E-state index < -0.39 is 15.9 Å². The van der Waals surface area contributed by atoms with Gasteiger partial charge in [0.2, 0.25) is 29.7 Å². The van der Waals surface area contributed by atoms with Crippen molar-refractivity contribution in [2.75, 3.05) is 64.4 Å². The van der Waals surface area contributed by atoms with E-state index in [1.54, 1.807) is 24.3 Å². The molecule has 0 radical (unpaired) electrons. The number of aromatic nitrogens is 6. The molecule has 20 nitrogen and oxygen atoms in total. The number of nitrogens with zero attached hydrogens (tertiary/aromatic N) is 7. The van der Waals surface area contributed by atoms with E-state index in [2.05, 4.69) is 77.4 Å². The van der Waals surface area contributed by atoms with Gasteiger partial charge >= 0.3 is 0 Å². The minimum Gasteiger partial charge on any atom is -0.396 e. The first-order valence-corrected chi connectivity index (χ1v) is 15.1. The van der Waals surface area contributed by atoms with Gasteiger partial charge in [0.15, 0.2) is 0 Å². The van der Waals surface area contributed by atoms with Gasteiger partial charge in [0, 0.05) is 55.0 Å². The van der Waals surface area contributed by atoms with Crippen LogP contribution >= 0.6 is 12.0 Å². The molecule has 0 amide bonds. The summed E-state index contributed by atoms with van der Waals surface area (Å²) in [5, 5.41) is 44.6. The van der Waals surface area contributed by atoms with E-state index in [-0.39, 0.29) is 66.9 Å². The van der Waals surface area contributed by atoms with Crippen LogP contribution in [0.1, 0.15) is 6.42 Å². The average molecular weight is 655 g/mol. The molecule has 0 saturated heterocycles. The van der Waals surface area contributed by atoms with E-state index in [1.165, 1.54) is 6.21 Å². The second kappa shape index (κ2) is 17.7. The molecular weight excluding hydrogens is 624 g/mol. The third-order valence-corrected chi connectivity index (χ3v) is 5.96. The Morgan fingerprint density at radius 1 is 0.955 bits per heavy atom. The largest absolute Gasteiger partial charge is 0.396 e. The number of hydrogen-bond acceptors (Lipinski definition) is 20. The summed E-state index contributed by atoms with van der Waals surface area (Å²) in [6.07, 6.45) is 1.85. The Labute approximate surface area is 255 Å². The van der Waals surface area contributed by atoms with Gasteiger partial charge in [-0.1, -0.05) is 17.7 Å². The molecule has 2 heterocycles. The van der Waals surface area contributed by atoms with Crippen molar-refractivity contribution in [3.05, 3.63) is 36.5 Å². The van der Waals surface area contributed by atoms with E-state index in [4.69, 9.17) is 14.9 Å². The zero-order valence-electron chi connectivity index (χ0n) is 22.9. The Balaban J connectivity index is 1.80. The van der Waals surface area contributed by atoms with Gasteiger partial charge in [-0.25, -0.2) is 10.2 Å². The summed E-state index contributed by atoms with van der Waals surface area (Å²) in [5.41, 5.74) is 1.31. The molecule has 2 aromatic heterocycles. The Morgan fingerprint density at radius 2 is 1.57 bits per heavy atom. The molecule has 238 valence electrons. The first kappa shape index (κ1) is 34.2. The molecule has 0 saturated carbocycles. The van der Waals surface area contributed by atoms with E-state index in [1.807, 2.05) is 0 Å². The van der Waals surface area contributed by atoms with Gasteiger partial charge in [-0.2, -0.15) is 38.3 Å². The maximum atomic E-state index is 11.1. The molecule has 0 bridgehead atoms. The summed E-state index contributed by atoms with van der Waals surface area (Å²) in [5.74, 6) is 0.131. The van der Waals surface area contributed by atoms with Gasteiger partial charge < -0.3 is 36.8 Å². The highest BCUT2D eigenvalue weighted by molar-refractivity contribution is 7.95. The van der Waals surface area contributed by atoms with Crippen molar-refractivity contribution < 1.29 is 37.8 Å². The molecule has 0 aliphatic carbocycles. The van der Waals surface area contributed by atoms with E-state index >= 15 is 0 Å². The highest BCUT2D eigenvalue weighted by Crippen LogP contribution is 2.23. The molecule has 9 N–H and O–H groups in total. The number of nitrogens with one attached hydrogen (secondary N) is 5. The second-order valence-corrected chi connectivity index (χ2v) is 10.5. The summed E-state index contributed by atoms with van der Waals surface area (Å²) >= 11 is 0.767. The zero-order valence-corrected chi connectivity index (χ0v) is 24.5. The van der Waals surface area contributed by atoms with Crippen molar-refractivity contribution in [2.45, 2.75) is 6.42 Å². The van der Waals surface area contributed by atoms with Crippen molar-refractivity contribution >= 4 is 75.4 Å². The van der Waals surface area contributed by atoms with Crippen LogP contribution in [0.25, 0.3) is 0 Å². The highest BCUT2D eigenvalue weighted by atomic mass is 32.2. The molecule has 0 fully saturated rings. The highest BCUT2D eigenvalue weighted by Gasteiger charge is 2.11. The zero-order chi connectivity index (χ0) is 31.8. The van der Waals surface area contributed by atoms with E-state index in [0.29, 0.717) is 24.3 Å². The van der Waals surface area contributed by atoms with Crippen LogP contribution in [-0.2, 0) is 19.5 Å². The third-order valence-electron chi connectivity index (χ3n) is 4.80. The van der Waals surface area contributed by atoms with Gasteiger partial charge in [0.1, 0.15) is 0 Å². The van der Waals surface area contributed by atoms with E-state index in [9.17, 15) is 13.5 Å². The molecule has 22 heteroatoms. The summed E-state index contributed by atoms with van der Waals surface area (Å²) in [7, 11) is -4.19. The monoisotopic (exact) mass is 654 g/mol. The van der Waals surface area contributed by atoms with Crippen LogP contribution < -0.4 is 26.6 Å². The normalized spacial score (nSPS) is 11.4. The number of benzene rings is 1. The van der Waals surface area contributed by atoms with Crippen molar-refractivity contribution in [2.24, 2.45) is 4.99 Å². The molecule has 0 aliphatic heterocycles. The summed E-state index contributed by atoms with van der Waals surface area (Å²) in [6.45, 7) is 3.48. The lowest BCUT2D eigenvalue weighted by atomic mass is 10.3. The molecule has 0 unspecified atom stereocenters. The van der Waals surface area contributed by atoms with Crippen LogP contribution in [0.5, 0.6) is 0 Å². The van der Waals surface area contributed by atoms with Crippen LogP contribution in [0.15, 0.2) is 41.5 Å². The number of aliphatic hydroxyl groups is 2.